The Balaban J connectivity index is 1.81. The first-order valence-corrected chi connectivity index (χ1v) is 10.6. The molecule has 1 N–H and O–H groups in total. The van der Waals surface area contributed by atoms with Crippen molar-refractivity contribution in [2.45, 2.75) is 63.8 Å². The fourth-order valence-electron chi connectivity index (χ4n) is 3.71. The molecule has 2 aromatic rings. The van der Waals surface area contributed by atoms with E-state index in [1.807, 2.05) is 30.3 Å². The van der Waals surface area contributed by atoms with E-state index in [-0.39, 0.29) is 12.0 Å². The average Bonchev–Trinajstić information content (AvgIpc) is 3.13. The molecular weight excluding hydrogens is 405 g/mol. The maximum Gasteiger partial charge on any atom is 0.431 e. The number of carbonyl (C=O) groups excluding carboxylic acids is 1. The molecule has 0 aromatic heterocycles. The molecule has 0 radical (unpaired) electrons. The number of nitrogens with zero attached hydrogens (tertiary/aromatic N) is 2. The standard InChI is InChI=1S/C24H27F3N2O2/c1-2-3-5-8-19-11-14-20(15-12-19)23(31)17-21(24(25,26)27)28-29(23)22(30)16-13-18-9-6-4-7-10-18/h4,6-7,9-12,14-15,31H,2-3,5,8,13,16-17H2,1H3. The molecule has 0 saturated carbocycles. The number of rotatable bonds is 8. The maximum atomic E-state index is 13.4. The number of halogens is 3. The molecule has 2 aromatic carbocycles. The normalized spacial score (nSPS) is 18.9. The lowest BCUT2D eigenvalue weighted by atomic mass is 9.94. The Morgan fingerprint density at radius 1 is 1.03 bits per heavy atom. The van der Waals surface area contributed by atoms with Crippen LogP contribution in [0.3, 0.4) is 0 Å². The van der Waals surface area contributed by atoms with E-state index in [1.165, 1.54) is 0 Å². The van der Waals surface area contributed by atoms with Crippen LogP contribution in [0.4, 0.5) is 13.2 Å². The van der Waals surface area contributed by atoms with E-state index in [1.54, 1.807) is 24.3 Å². The van der Waals surface area contributed by atoms with Crippen LogP contribution >= 0.6 is 0 Å². The predicted octanol–water partition coefficient (Wildman–Crippen LogP) is 5.35. The van der Waals surface area contributed by atoms with Gasteiger partial charge in [0.15, 0.2) is 5.72 Å². The van der Waals surface area contributed by atoms with Gasteiger partial charge in [-0.15, -0.1) is 0 Å². The summed E-state index contributed by atoms with van der Waals surface area (Å²) < 4.78 is 40.1. The van der Waals surface area contributed by atoms with Crippen molar-refractivity contribution in [3.63, 3.8) is 0 Å². The molecule has 0 bridgehead atoms. The third-order valence-electron chi connectivity index (χ3n) is 5.50. The predicted molar refractivity (Wildman–Crippen MR) is 113 cm³/mol. The van der Waals surface area contributed by atoms with Crippen LogP contribution in [-0.2, 0) is 23.4 Å². The van der Waals surface area contributed by atoms with Gasteiger partial charge in [0.2, 0.25) is 5.91 Å². The topological polar surface area (TPSA) is 52.9 Å². The number of aliphatic hydroxyl groups is 1. The van der Waals surface area contributed by atoms with Crippen molar-refractivity contribution < 1.29 is 23.1 Å². The van der Waals surface area contributed by atoms with Crippen LogP contribution < -0.4 is 0 Å². The smallest absolute Gasteiger partial charge is 0.365 e. The molecule has 7 heteroatoms. The first-order valence-electron chi connectivity index (χ1n) is 10.6. The number of hydrogen-bond acceptors (Lipinski definition) is 3. The zero-order chi connectivity index (χ0) is 22.5. The molecule has 1 aliphatic rings. The minimum Gasteiger partial charge on any atom is -0.365 e. The van der Waals surface area contributed by atoms with E-state index >= 15 is 0 Å². The summed E-state index contributed by atoms with van der Waals surface area (Å²) in [5, 5.41) is 15.3. The summed E-state index contributed by atoms with van der Waals surface area (Å²) in [6, 6.07) is 15.9. The van der Waals surface area contributed by atoms with Crippen LogP contribution in [0.2, 0.25) is 0 Å². The van der Waals surface area contributed by atoms with E-state index < -0.39 is 29.9 Å². The van der Waals surface area contributed by atoms with Crippen LogP contribution in [-0.4, -0.2) is 27.9 Å². The summed E-state index contributed by atoms with van der Waals surface area (Å²) in [7, 11) is 0. The fourth-order valence-corrected chi connectivity index (χ4v) is 3.71. The van der Waals surface area contributed by atoms with Gasteiger partial charge in [-0.3, -0.25) is 4.79 Å². The number of unbranched alkanes of at least 4 members (excludes halogenated alkanes) is 2. The second-order valence-corrected chi connectivity index (χ2v) is 7.88. The van der Waals surface area contributed by atoms with Gasteiger partial charge in [-0.25, -0.2) is 0 Å². The second kappa shape index (κ2) is 9.64. The van der Waals surface area contributed by atoms with Gasteiger partial charge in [0.1, 0.15) is 5.71 Å². The quantitative estimate of drug-likeness (QED) is 0.572. The van der Waals surface area contributed by atoms with Crippen LogP contribution in [0.5, 0.6) is 0 Å². The first-order chi connectivity index (χ1) is 14.7. The molecule has 1 atom stereocenters. The summed E-state index contributed by atoms with van der Waals surface area (Å²) in [6.07, 6.45) is -1.16. The lowest BCUT2D eigenvalue weighted by Gasteiger charge is -2.31. The lowest BCUT2D eigenvalue weighted by molar-refractivity contribution is -0.157. The summed E-state index contributed by atoms with van der Waals surface area (Å²) in [5.41, 5.74) is -1.16. The number of benzene rings is 2. The minimum atomic E-state index is -4.72. The van der Waals surface area contributed by atoms with Gasteiger partial charge < -0.3 is 5.11 Å². The molecule has 0 aliphatic carbocycles. The van der Waals surface area contributed by atoms with Crippen LogP contribution in [0.15, 0.2) is 59.7 Å². The van der Waals surface area contributed by atoms with Gasteiger partial charge in [-0.1, -0.05) is 74.4 Å². The summed E-state index contributed by atoms with van der Waals surface area (Å²) >= 11 is 0. The highest BCUT2D eigenvalue weighted by atomic mass is 19.4. The van der Waals surface area contributed by atoms with Crippen molar-refractivity contribution in [2.75, 3.05) is 0 Å². The molecule has 1 amide bonds. The van der Waals surface area contributed by atoms with Crippen molar-refractivity contribution in [3.05, 3.63) is 71.3 Å². The van der Waals surface area contributed by atoms with Crippen LogP contribution in [0, 0.1) is 0 Å². The Kier molecular flexibility index (Phi) is 7.15. The van der Waals surface area contributed by atoms with Crippen molar-refractivity contribution in [1.29, 1.82) is 0 Å². The molecule has 0 saturated heterocycles. The van der Waals surface area contributed by atoms with E-state index in [4.69, 9.17) is 0 Å². The average molecular weight is 432 g/mol. The van der Waals surface area contributed by atoms with E-state index in [0.717, 1.165) is 36.8 Å². The van der Waals surface area contributed by atoms with Crippen molar-refractivity contribution in [1.82, 2.24) is 5.01 Å². The molecule has 0 fully saturated rings. The molecular formula is C24H27F3N2O2. The fraction of sp³-hybridized carbons (Fsp3) is 0.417. The Morgan fingerprint density at radius 3 is 2.29 bits per heavy atom. The number of aryl methyl sites for hydroxylation is 2. The van der Waals surface area contributed by atoms with Gasteiger partial charge in [0.25, 0.3) is 0 Å². The highest BCUT2D eigenvalue weighted by Crippen LogP contribution is 2.40. The summed E-state index contributed by atoms with van der Waals surface area (Å²) in [5.74, 6) is -0.655. The zero-order valence-corrected chi connectivity index (χ0v) is 17.5. The molecule has 3 rings (SSSR count). The number of hydrazone groups is 1. The Bertz CT molecular complexity index is 911. The number of hydrogen-bond donors (Lipinski definition) is 1. The van der Waals surface area contributed by atoms with Gasteiger partial charge in [-0.2, -0.15) is 23.3 Å². The third-order valence-corrected chi connectivity index (χ3v) is 5.50. The van der Waals surface area contributed by atoms with Crippen LogP contribution in [0.1, 0.15) is 55.7 Å². The highest BCUT2D eigenvalue weighted by Gasteiger charge is 2.52. The van der Waals surface area contributed by atoms with E-state index in [2.05, 4.69) is 12.0 Å². The van der Waals surface area contributed by atoms with Gasteiger partial charge in [-0.05, 0) is 30.4 Å². The number of amides is 1. The maximum absolute atomic E-state index is 13.4. The van der Waals surface area contributed by atoms with Crippen molar-refractivity contribution in [2.24, 2.45) is 5.10 Å². The Labute approximate surface area is 180 Å². The summed E-state index contributed by atoms with van der Waals surface area (Å²) in [4.78, 5) is 12.8. The second-order valence-electron chi connectivity index (χ2n) is 7.88. The third kappa shape index (κ3) is 5.53. The van der Waals surface area contributed by atoms with E-state index in [0.29, 0.717) is 11.4 Å². The number of alkyl halides is 3. The number of carbonyl (C=O) groups is 1. The summed E-state index contributed by atoms with van der Waals surface area (Å²) in [6.45, 7) is 2.11. The van der Waals surface area contributed by atoms with Gasteiger partial charge in [0, 0.05) is 12.0 Å². The SMILES string of the molecule is CCCCCc1ccc(C2(O)CC(C(F)(F)F)=NN2C(=O)CCc2ccccc2)cc1. The van der Waals surface area contributed by atoms with E-state index in [9.17, 15) is 23.1 Å². The largest absolute Gasteiger partial charge is 0.431 e. The van der Waals surface area contributed by atoms with Gasteiger partial charge in [0.05, 0.1) is 6.42 Å². The van der Waals surface area contributed by atoms with Crippen molar-refractivity contribution >= 4 is 11.6 Å². The minimum absolute atomic E-state index is 0.0595. The highest BCUT2D eigenvalue weighted by molar-refractivity contribution is 5.94. The van der Waals surface area contributed by atoms with Crippen molar-refractivity contribution in [3.8, 4) is 0 Å². The molecule has 166 valence electrons. The Morgan fingerprint density at radius 2 is 1.68 bits per heavy atom. The lowest BCUT2D eigenvalue weighted by Crippen LogP contribution is -2.43. The Hall–Kier alpha value is -2.67. The molecule has 31 heavy (non-hydrogen) atoms. The zero-order valence-electron chi connectivity index (χ0n) is 17.5. The molecule has 1 aliphatic heterocycles. The monoisotopic (exact) mass is 432 g/mol. The first kappa shape index (κ1) is 23.0. The molecule has 1 unspecified atom stereocenters. The molecule has 1 heterocycles. The van der Waals surface area contributed by atoms with Gasteiger partial charge >= 0.3 is 6.18 Å². The van der Waals surface area contributed by atoms with Crippen LogP contribution in [0.25, 0.3) is 0 Å². The molecule has 0 spiro atoms. The molecule has 4 nitrogen and oxygen atoms in total.